The fraction of sp³-hybridized carbons (Fsp3) is 0.353. The fourth-order valence-corrected chi connectivity index (χ4v) is 3.02. The van der Waals surface area contributed by atoms with Crippen molar-refractivity contribution in [3.63, 3.8) is 0 Å². The van der Waals surface area contributed by atoms with Crippen molar-refractivity contribution >= 4 is 5.69 Å². The van der Waals surface area contributed by atoms with Crippen LogP contribution >= 0.6 is 0 Å². The molecule has 0 spiro atoms. The molecule has 7 heteroatoms. The van der Waals surface area contributed by atoms with Crippen LogP contribution in [0.3, 0.4) is 0 Å². The third-order valence-corrected chi connectivity index (χ3v) is 4.12. The summed E-state index contributed by atoms with van der Waals surface area (Å²) in [6.07, 6.45) is -3.52. The van der Waals surface area contributed by atoms with Gasteiger partial charge in [-0.2, -0.15) is 13.2 Å². The SMILES string of the molecule is COc1cccc(C2CC(O)CN2c2ccnc(C(F)(F)F)c2)c1. The van der Waals surface area contributed by atoms with Crippen LogP contribution in [-0.2, 0) is 6.18 Å². The summed E-state index contributed by atoms with van der Waals surface area (Å²) in [5.41, 5.74) is 0.337. The van der Waals surface area contributed by atoms with Gasteiger partial charge >= 0.3 is 6.18 Å². The zero-order chi connectivity index (χ0) is 17.3. The van der Waals surface area contributed by atoms with E-state index in [0.717, 1.165) is 17.8 Å². The van der Waals surface area contributed by atoms with Gasteiger partial charge < -0.3 is 14.7 Å². The molecule has 1 aliphatic rings. The van der Waals surface area contributed by atoms with Gasteiger partial charge in [-0.05, 0) is 36.2 Å². The number of halogens is 3. The first kappa shape index (κ1) is 16.6. The molecule has 1 aliphatic heterocycles. The van der Waals surface area contributed by atoms with Crippen LogP contribution in [0, 0.1) is 0 Å². The molecule has 2 aromatic rings. The Morgan fingerprint density at radius 3 is 2.75 bits per heavy atom. The van der Waals surface area contributed by atoms with Gasteiger partial charge in [0, 0.05) is 18.4 Å². The van der Waals surface area contributed by atoms with Crippen molar-refractivity contribution in [3.05, 3.63) is 53.9 Å². The summed E-state index contributed by atoms with van der Waals surface area (Å²) in [5, 5.41) is 10.0. The highest BCUT2D eigenvalue weighted by atomic mass is 19.4. The van der Waals surface area contributed by atoms with Crippen molar-refractivity contribution in [3.8, 4) is 5.75 Å². The number of alkyl halides is 3. The van der Waals surface area contributed by atoms with Gasteiger partial charge in [-0.25, -0.2) is 0 Å². The van der Waals surface area contributed by atoms with E-state index in [1.165, 1.54) is 6.07 Å². The van der Waals surface area contributed by atoms with E-state index in [1.807, 2.05) is 18.2 Å². The van der Waals surface area contributed by atoms with E-state index in [-0.39, 0.29) is 12.6 Å². The minimum absolute atomic E-state index is 0.224. The Morgan fingerprint density at radius 1 is 1.25 bits per heavy atom. The number of aliphatic hydroxyl groups is 1. The number of ether oxygens (including phenoxy) is 1. The minimum Gasteiger partial charge on any atom is -0.497 e. The quantitative estimate of drug-likeness (QED) is 0.931. The first-order chi connectivity index (χ1) is 11.4. The maximum Gasteiger partial charge on any atom is 0.433 e. The number of hydrogen-bond donors (Lipinski definition) is 1. The summed E-state index contributed by atoms with van der Waals surface area (Å²) < 4.78 is 43.9. The predicted molar refractivity (Wildman–Crippen MR) is 82.9 cm³/mol. The number of nitrogens with zero attached hydrogens (tertiary/aromatic N) is 2. The zero-order valence-corrected chi connectivity index (χ0v) is 13.0. The van der Waals surface area contributed by atoms with E-state index in [1.54, 1.807) is 18.1 Å². The molecule has 1 N–H and O–H groups in total. The van der Waals surface area contributed by atoms with Crippen LogP contribution in [0.2, 0.25) is 0 Å². The molecule has 24 heavy (non-hydrogen) atoms. The molecule has 2 unspecified atom stereocenters. The van der Waals surface area contributed by atoms with Gasteiger partial charge in [0.1, 0.15) is 11.4 Å². The first-order valence-electron chi connectivity index (χ1n) is 7.50. The normalized spacial score (nSPS) is 21.1. The Balaban J connectivity index is 1.96. The number of rotatable bonds is 3. The van der Waals surface area contributed by atoms with E-state index >= 15 is 0 Å². The summed E-state index contributed by atoms with van der Waals surface area (Å²) >= 11 is 0. The molecular formula is C17H17F3N2O2. The molecule has 1 aromatic carbocycles. The standard InChI is InChI=1S/C17H17F3N2O2/c1-24-14-4-2-3-11(7-14)15-9-13(23)10-22(15)12-5-6-21-16(8-12)17(18,19)20/h2-8,13,15,23H,9-10H2,1H3. The summed E-state index contributed by atoms with van der Waals surface area (Å²) in [7, 11) is 1.55. The third-order valence-electron chi connectivity index (χ3n) is 4.12. The molecular weight excluding hydrogens is 321 g/mol. The maximum atomic E-state index is 12.9. The van der Waals surface area contributed by atoms with Crippen LogP contribution in [0.4, 0.5) is 18.9 Å². The number of aromatic nitrogens is 1. The number of aliphatic hydroxyl groups excluding tert-OH is 1. The molecule has 0 saturated carbocycles. The molecule has 2 heterocycles. The molecule has 4 nitrogen and oxygen atoms in total. The molecule has 0 radical (unpaired) electrons. The third kappa shape index (κ3) is 3.31. The second-order valence-corrected chi connectivity index (χ2v) is 5.73. The molecule has 1 fully saturated rings. The largest absolute Gasteiger partial charge is 0.497 e. The van der Waals surface area contributed by atoms with Gasteiger partial charge in [0.2, 0.25) is 0 Å². The average Bonchev–Trinajstić information content (AvgIpc) is 2.96. The smallest absolute Gasteiger partial charge is 0.433 e. The summed E-state index contributed by atoms with van der Waals surface area (Å²) in [6.45, 7) is 0.267. The Bertz CT molecular complexity index is 721. The summed E-state index contributed by atoms with van der Waals surface area (Å²) in [4.78, 5) is 5.17. The van der Waals surface area contributed by atoms with E-state index in [9.17, 15) is 18.3 Å². The van der Waals surface area contributed by atoms with Crippen LogP contribution in [-0.4, -0.2) is 29.8 Å². The molecule has 0 amide bonds. The highest BCUT2D eigenvalue weighted by molar-refractivity contribution is 5.51. The lowest BCUT2D eigenvalue weighted by Gasteiger charge is -2.27. The highest BCUT2D eigenvalue weighted by Crippen LogP contribution is 2.38. The van der Waals surface area contributed by atoms with E-state index < -0.39 is 18.0 Å². The van der Waals surface area contributed by atoms with Gasteiger partial charge in [-0.3, -0.25) is 4.98 Å². The minimum atomic E-state index is -4.50. The number of β-amino-alcohol motifs (C(OH)–C–C–N with tert-alkyl or cyclic N) is 1. The Kier molecular flexibility index (Phi) is 4.36. The van der Waals surface area contributed by atoms with E-state index in [2.05, 4.69) is 4.98 Å². The Labute approximate surface area is 137 Å². The Hall–Kier alpha value is -2.28. The van der Waals surface area contributed by atoms with Gasteiger partial charge in [-0.1, -0.05) is 12.1 Å². The van der Waals surface area contributed by atoms with Crippen molar-refractivity contribution in [1.82, 2.24) is 4.98 Å². The molecule has 128 valence electrons. The fourth-order valence-electron chi connectivity index (χ4n) is 3.02. The van der Waals surface area contributed by atoms with Gasteiger partial charge in [0.15, 0.2) is 0 Å². The average molecular weight is 338 g/mol. The lowest BCUT2D eigenvalue weighted by molar-refractivity contribution is -0.141. The number of anilines is 1. The van der Waals surface area contributed by atoms with Gasteiger partial charge in [0.05, 0.1) is 19.3 Å². The lowest BCUT2D eigenvalue weighted by atomic mass is 10.0. The summed E-state index contributed by atoms with van der Waals surface area (Å²) in [6, 6.07) is 9.66. The molecule has 1 aromatic heterocycles. The van der Waals surface area contributed by atoms with Crippen molar-refractivity contribution in [1.29, 1.82) is 0 Å². The second kappa shape index (κ2) is 6.32. The Morgan fingerprint density at radius 2 is 2.04 bits per heavy atom. The molecule has 2 atom stereocenters. The molecule has 0 aliphatic carbocycles. The van der Waals surface area contributed by atoms with Crippen molar-refractivity contribution < 1.29 is 23.0 Å². The number of methoxy groups -OCH3 is 1. The van der Waals surface area contributed by atoms with Crippen LogP contribution in [0.5, 0.6) is 5.75 Å². The summed E-state index contributed by atoms with van der Waals surface area (Å²) in [5.74, 6) is 0.666. The second-order valence-electron chi connectivity index (χ2n) is 5.73. The van der Waals surface area contributed by atoms with Gasteiger partial charge in [0.25, 0.3) is 0 Å². The number of hydrogen-bond acceptors (Lipinski definition) is 4. The molecule has 0 bridgehead atoms. The van der Waals surface area contributed by atoms with Crippen LogP contribution < -0.4 is 9.64 Å². The highest BCUT2D eigenvalue weighted by Gasteiger charge is 2.36. The van der Waals surface area contributed by atoms with Crippen LogP contribution in [0.15, 0.2) is 42.6 Å². The zero-order valence-electron chi connectivity index (χ0n) is 13.0. The van der Waals surface area contributed by atoms with Crippen molar-refractivity contribution in [2.24, 2.45) is 0 Å². The molecule has 3 rings (SSSR count). The van der Waals surface area contributed by atoms with E-state index in [4.69, 9.17) is 4.74 Å². The van der Waals surface area contributed by atoms with Gasteiger partial charge in [-0.15, -0.1) is 0 Å². The maximum absolute atomic E-state index is 12.9. The number of pyridine rings is 1. The molecule has 1 saturated heterocycles. The van der Waals surface area contributed by atoms with Crippen LogP contribution in [0.25, 0.3) is 0 Å². The monoisotopic (exact) mass is 338 g/mol. The van der Waals surface area contributed by atoms with Crippen molar-refractivity contribution in [2.45, 2.75) is 24.7 Å². The number of benzene rings is 1. The van der Waals surface area contributed by atoms with Crippen molar-refractivity contribution in [2.75, 3.05) is 18.6 Å². The van der Waals surface area contributed by atoms with Crippen LogP contribution in [0.1, 0.15) is 23.7 Å². The van der Waals surface area contributed by atoms with E-state index in [0.29, 0.717) is 17.9 Å². The predicted octanol–water partition coefficient (Wildman–Crippen LogP) is 3.42. The lowest BCUT2D eigenvalue weighted by Crippen LogP contribution is -2.25. The first-order valence-corrected chi connectivity index (χ1v) is 7.50. The topological polar surface area (TPSA) is 45.6 Å².